The van der Waals surface area contributed by atoms with Crippen molar-refractivity contribution in [2.24, 2.45) is 0 Å². The predicted molar refractivity (Wildman–Crippen MR) is 80.4 cm³/mol. The van der Waals surface area contributed by atoms with E-state index in [4.69, 9.17) is 23.2 Å². The van der Waals surface area contributed by atoms with E-state index in [2.05, 4.69) is 10.3 Å². The summed E-state index contributed by atoms with van der Waals surface area (Å²) >= 11 is 12.2. The summed E-state index contributed by atoms with van der Waals surface area (Å²) in [4.78, 5) is 19.5. The molecule has 19 heavy (non-hydrogen) atoms. The van der Waals surface area contributed by atoms with Gasteiger partial charge in [0.05, 0.1) is 16.6 Å². The van der Waals surface area contributed by atoms with Crippen molar-refractivity contribution in [3.05, 3.63) is 16.1 Å². The summed E-state index contributed by atoms with van der Waals surface area (Å²) < 4.78 is 0. The molecule has 0 radical (unpaired) electrons. The van der Waals surface area contributed by atoms with Crippen LogP contribution in [0.3, 0.4) is 0 Å². The van der Waals surface area contributed by atoms with Crippen LogP contribution in [-0.2, 0) is 4.79 Å². The third-order valence-electron chi connectivity index (χ3n) is 2.65. The zero-order valence-electron chi connectivity index (χ0n) is 11.5. The number of hydrogen-bond donors (Lipinski definition) is 1. The molecule has 106 valence electrons. The smallest absolute Gasteiger partial charge is 0.241 e. The SMILES string of the molecule is CCN(CC(=O)N(C)C)c1nc(NC)c(Cl)cc1Cl. The Kier molecular flexibility index (Phi) is 5.69. The predicted octanol–water partition coefficient (Wildman–Crippen LogP) is 2.34. The fourth-order valence-corrected chi connectivity index (χ4v) is 2.07. The van der Waals surface area contributed by atoms with E-state index in [1.807, 2.05) is 11.8 Å². The van der Waals surface area contributed by atoms with Crippen LogP contribution in [0.4, 0.5) is 11.6 Å². The fraction of sp³-hybridized carbons (Fsp3) is 0.500. The lowest BCUT2D eigenvalue weighted by Crippen LogP contribution is -2.37. The van der Waals surface area contributed by atoms with Gasteiger partial charge < -0.3 is 15.1 Å². The Morgan fingerprint density at radius 1 is 1.37 bits per heavy atom. The summed E-state index contributed by atoms with van der Waals surface area (Å²) in [6.45, 7) is 2.78. The maximum absolute atomic E-state index is 11.8. The van der Waals surface area contributed by atoms with Crippen LogP contribution >= 0.6 is 23.2 Å². The Morgan fingerprint density at radius 3 is 2.47 bits per heavy atom. The lowest BCUT2D eigenvalue weighted by Gasteiger charge is -2.24. The molecule has 0 aliphatic carbocycles. The third-order valence-corrected chi connectivity index (χ3v) is 3.22. The first-order valence-electron chi connectivity index (χ1n) is 5.89. The van der Waals surface area contributed by atoms with Crippen LogP contribution in [0.2, 0.25) is 10.0 Å². The summed E-state index contributed by atoms with van der Waals surface area (Å²) in [5, 5.41) is 3.77. The van der Waals surface area contributed by atoms with E-state index in [1.165, 1.54) is 4.90 Å². The van der Waals surface area contributed by atoms with E-state index >= 15 is 0 Å². The minimum absolute atomic E-state index is 0.0133. The zero-order chi connectivity index (χ0) is 14.6. The minimum atomic E-state index is -0.0133. The molecule has 1 heterocycles. The van der Waals surface area contributed by atoms with Gasteiger partial charge in [-0.3, -0.25) is 4.79 Å². The van der Waals surface area contributed by atoms with E-state index in [-0.39, 0.29) is 12.5 Å². The maximum atomic E-state index is 11.8. The molecule has 0 unspecified atom stereocenters. The van der Waals surface area contributed by atoms with Gasteiger partial charge in [-0.05, 0) is 13.0 Å². The van der Waals surface area contributed by atoms with E-state index in [1.54, 1.807) is 27.2 Å². The first-order chi connectivity index (χ1) is 8.90. The number of amides is 1. The van der Waals surface area contributed by atoms with Crippen molar-refractivity contribution in [3.8, 4) is 0 Å². The lowest BCUT2D eigenvalue weighted by atomic mass is 10.3. The Balaban J connectivity index is 3.07. The maximum Gasteiger partial charge on any atom is 0.241 e. The Labute approximate surface area is 123 Å². The minimum Gasteiger partial charge on any atom is -0.372 e. The summed E-state index contributed by atoms with van der Waals surface area (Å²) in [6, 6.07) is 1.63. The van der Waals surface area contributed by atoms with Crippen molar-refractivity contribution in [1.29, 1.82) is 0 Å². The number of nitrogens with zero attached hydrogens (tertiary/aromatic N) is 3. The fourth-order valence-electron chi connectivity index (χ4n) is 1.50. The molecule has 0 spiro atoms. The first kappa shape index (κ1) is 15.9. The molecule has 7 heteroatoms. The second-order valence-corrected chi connectivity index (χ2v) is 4.99. The van der Waals surface area contributed by atoms with E-state index < -0.39 is 0 Å². The molecule has 0 bridgehead atoms. The summed E-state index contributed by atoms with van der Waals surface area (Å²) in [5.41, 5.74) is 0. The number of carbonyl (C=O) groups is 1. The average Bonchev–Trinajstić information content (AvgIpc) is 2.36. The molecule has 0 aromatic carbocycles. The number of halogens is 2. The standard InChI is InChI=1S/C12H18Cl2N4O/c1-5-18(7-10(19)17(3)4)12-9(14)6-8(13)11(15-2)16-12/h6H,5,7H2,1-4H3,(H,15,16). The van der Waals surface area contributed by atoms with E-state index in [9.17, 15) is 4.79 Å². The van der Waals surface area contributed by atoms with Crippen LogP contribution < -0.4 is 10.2 Å². The molecule has 1 amide bonds. The van der Waals surface area contributed by atoms with Gasteiger partial charge in [0.1, 0.15) is 11.6 Å². The molecule has 0 saturated carbocycles. The van der Waals surface area contributed by atoms with Crippen molar-refractivity contribution in [3.63, 3.8) is 0 Å². The largest absolute Gasteiger partial charge is 0.372 e. The molecule has 5 nitrogen and oxygen atoms in total. The molecule has 0 saturated heterocycles. The Bertz CT molecular complexity index is 465. The number of likely N-dealkylation sites (N-methyl/N-ethyl adjacent to an activating group) is 2. The highest BCUT2D eigenvalue weighted by atomic mass is 35.5. The molecule has 0 aliphatic heterocycles. The summed E-state index contributed by atoms with van der Waals surface area (Å²) in [6.07, 6.45) is 0. The molecular formula is C12H18Cl2N4O. The number of pyridine rings is 1. The molecule has 1 N–H and O–H groups in total. The molecule has 1 rings (SSSR count). The second kappa shape index (κ2) is 6.82. The Hall–Kier alpha value is -1.20. The van der Waals surface area contributed by atoms with Gasteiger partial charge >= 0.3 is 0 Å². The van der Waals surface area contributed by atoms with Crippen molar-refractivity contribution in [1.82, 2.24) is 9.88 Å². The zero-order valence-corrected chi connectivity index (χ0v) is 13.0. The van der Waals surface area contributed by atoms with Crippen molar-refractivity contribution in [2.45, 2.75) is 6.92 Å². The van der Waals surface area contributed by atoms with Gasteiger partial charge in [-0.2, -0.15) is 0 Å². The van der Waals surface area contributed by atoms with Crippen LogP contribution in [0.1, 0.15) is 6.92 Å². The van der Waals surface area contributed by atoms with Gasteiger partial charge in [0, 0.05) is 27.7 Å². The van der Waals surface area contributed by atoms with Crippen LogP contribution in [0.5, 0.6) is 0 Å². The highest BCUT2D eigenvalue weighted by Crippen LogP contribution is 2.31. The number of carbonyl (C=O) groups excluding carboxylic acids is 1. The van der Waals surface area contributed by atoms with Gasteiger partial charge in [-0.1, -0.05) is 23.2 Å². The molecule has 0 atom stereocenters. The van der Waals surface area contributed by atoms with Gasteiger partial charge in [-0.25, -0.2) is 4.98 Å². The lowest BCUT2D eigenvalue weighted by molar-refractivity contribution is -0.127. The van der Waals surface area contributed by atoms with Crippen molar-refractivity contribution in [2.75, 3.05) is 44.4 Å². The Morgan fingerprint density at radius 2 is 2.00 bits per heavy atom. The summed E-state index contributed by atoms with van der Waals surface area (Å²) in [5.74, 6) is 1.07. The van der Waals surface area contributed by atoms with Crippen LogP contribution in [0, 0.1) is 0 Å². The van der Waals surface area contributed by atoms with Gasteiger partial charge in [0.2, 0.25) is 5.91 Å². The van der Waals surface area contributed by atoms with Crippen molar-refractivity contribution < 1.29 is 4.79 Å². The normalized spacial score (nSPS) is 10.2. The van der Waals surface area contributed by atoms with Crippen LogP contribution in [-0.4, -0.2) is 50.0 Å². The highest BCUT2D eigenvalue weighted by molar-refractivity contribution is 6.37. The van der Waals surface area contributed by atoms with E-state index in [0.717, 1.165) is 0 Å². The number of hydrogen-bond acceptors (Lipinski definition) is 4. The molecule has 0 fully saturated rings. The highest BCUT2D eigenvalue weighted by Gasteiger charge is 2.17. The number of rotatable bonds is 5. The molecule has 1 aromatic rings. The van der Waals surface area contributed by atoms with E-state index in [0.29, 0.717) is 28.2 Å². The number of aromatic nitrogens is 1. The van der Waals surface area contributed by atoms with Crippen LogP contribution in [0.15, 0.2) is 6.07 Å². The molecule has 1 aromatic heterocycles. The quantitative estimate of drug-likeness (QED) is 0.907. The second-order valence-electron chi connectivity index (χ2n) is 4.18. The first-order valence-corrected chi connectivity index (χ1v) is 6.65. The van der Waals surface area contributed by atoms with Crippen LogP contribution in [0.25, 0.3) is 0 Å². The number of nitrogens with one attached hydrogen (secondary N) is 1. The van der Waals surface area contributed by atoms with Gasteiger partial charge in [-0.15, -0.1) is 0 Å². The number of anilines is 2. The topological polar surface area (TPSA) is 48.5 Å². The molecule has 0 aliphatic rings. The summed E-state index contributed by atoms with van der Waals surface area (Å²) in [7, 11) is 5.16. The average molecular weight is 305 g/mol. The molecular weight excluding hydrogens is 287 g/mol. The monoisotopic (exact) mass is 304 g/mol. The van der Waals surface area contributed by atoms with Gasteiger partial charge in [0.15, 0.2) is 0 Å². The van der Waals surface area contributed by atoms with Gasteiger partial charge in [0.25, 0.3) is 0 Å². The third kappa shape index (κ3) is 3.88. The van der Waals surface area contributed by atoms with Crippen molar-refractivity contribution >= 4 is 40.7 Å².